The maximum absolute atomic E-state index is 13.5. The minimum atomic E-state index is -0.259. The van der Waals surface area contributed by atoms with E-state index >= 15 is 0 Å². The largest absolute Gasteiger partial charge is 0.465 e. The Kier molecular flexibility index (Phi) is 6.89. The highest BCUT2D eigenvalue weighted by atomic mass is 32.2. The van der Waals surface area contributed by atoms with E-state index in [1.54, 1.807) is 15.9 Å². The number of carbonyl (C=O) groups excluding carboxylic acids is 1. The maximum Gasteiger partial charge on any atom is 0.316 e. The van der Waals surface area contributed by atoms with Crippen molar-refractivity contribution in [2.24, 2.45) is 0 Å². The van der Waals surface area contributed by atoms with E-state index in [4.69, 9.17) is 9.72 Å². The van der Waals surface area contributed by atoms with Gasteiger partial charge in [0.15, 0.2) is 5.16 Å². The summed E-state index contributed by atoms with van der Waals surface area (Å²) < 4.78 is 7.04. The lowest BCUT2D eigenvalue weighted by atomic mass is 10.2. The minimum Gasteiger partial charge on any atom is -0.465 e. The van der Waals surface area contributed by atoms with Crippen LogP contribution >= 0.6 is 23.1 Å². The van der Waals surface area contributed by atoms with Gasteiger partial charge >= 0.3 is 5.97 Å². The Morgan fingerprint density at radius 1 is 1.23 bits per heavy atom. The smallest absolute Gasteiger partial charge is 0.316 e. The molecule has 5 nitrogen and oxygen atoms in total. The van der Waals surface area contributed by atoms with Crippen LogP contribution in [-0.4, -0.2) is 27.9 Å². The fraction of sp³-hybridized carbons (Fsp3) is 0.435. The van der Waals surface area contributed by atoms with E-state index < -0.39 is 0 Å². The summed E-state index contributed by atoms with van der Waals surface area (Å²) in [4.78, 5) is 32.5. The van der Waals surface area contributed by atoms with Crippen LogP contribution in [-0.2, 0) is 28.9 Å². The van der Waals surface area contributed by atoms with Gasteiger partial charge in [0.25, 0.3) is 5.56 Å². The number of esters is 1. The van der Waals surface area contributed by atoms with Crippen LogP contribution in [0.4, 0.5) is 0 Å². The summed E-state index contributed by atoms with van der Waals surface area (Å²) in [6.45, 7) is 3.02. The Morgan fingerprint density at radius 2 is 2.07 bits per heavy atom. The quantitative estimate of drug-likeness (QED) is 0.206. The first-order valence-corrected chi connectivity index (χ1v) is 12.3. The van der Waals surface area contributed by atoms with Crippen LogP contribution in [0.15, 0.2) is 40.3 Å². The van der Waals surface area contributed by atoms with E-state index in [0.29, 0.717) is 18.3 Å². The van der Waals surface area contributed by atoms with Crippen LogP contribution in [0, 0.1) is 0 Å². The normalized spacial score (nSPS) is 13.0. The molecule has 2 heterocycles. The highest BCUT2D eigenvalue weighted by Crippen LogP contribution is 2.35. The van der Waals surface area contributed by atoms with Crippen molar-refractivity contribution in [3.05, 3.63) is 56.7 Å². The van der Waals surface area contributed by atoms with E-state index in [1.807, 2.05) is 30.3 Å². The molecule has 0 saturated carbocycles. The van der Waals surface area contributed by atoms with Crippen LogP contribution in [0.3, 0.4) is 0 Å². The number of thioether (sulfide) groups is 1. The third-order valence-electron chi connectivity index (χ3n) is 5.30. The average Bonchev–Trinajstić information content (AvgIpc) is 3.33. The molecule has 4 rings (SSSR count). The van der Waals surface area contributed by atoms with Crippen LogP contribution in [0.25, 0.3) is 10.2 Å². The molecule has 0 N–H and O–H groups in total. The highest BCUT2D eigenvalue weighted by Gasteiger charge is 2.23. The second-order valence-corrected chi connectivity index (χ2v) is 9.55. The zero-order valence-electron chi connectivity index (χ0n) is 17.2. The molecule has 0 atom stereocenters. The van der Waals surface area contributed by atoms with Gasteiger partial charge in [0.1, 0.15) is 4.83 Å². The molecule has 0 unspecified atom stereocenters. The van der Waals surface area contributed by atoms with Gasteiger partial charge in [0, 0.05) is 4.88 Å². The second kappa shape index (κ2) is 9.79. The number of nitrogens with zero attached hydrogens (tertiary/aromatic N) is 2. The molecule has 0 spiro atoms. The van der Waals surface area contributed by atoms with Gasteiger partial charge in [-0.2, -0.15) is 0 Å². The monoisotopic (exact) mass is 442 g/mol. The van der Waals surface area contributed by atoms with Gasteiger partial charge in [-0.25, -0.2) is 4.98 Å². The Bertz CT molecular complexity index is 1090. The number of hydrogen-bond acceptors (Lipinski definition) is 6. The van der Waals surface area contributed by atoms with Gasteiger partial charge < -0.3 is 4.74 Å². The van der Waals surface area contributed by atoms with Crippen LogP contribution < -0.4 is 5.56 Å². The van der Waals surface area contributed by atoms with Crippen LogP contribution in [0.5, 0.6) is 0 Å². The van der Waals surface area contributed by atoms with Crippen molar-refractivity contribution < 1.29 is 9.53 Å². The van der Waals surface area contributed by atoms with E-state index in [-0.39, 0.29) is 17.3 Å². The van der Waals surface area contributed by atoms with Gasteiger partial charge in [0.05, 0.1) is 24.3 Å². The van der Waals surface area contributed by atoms with E-state index in [0.717, 1.165) is 54.3 Å². The number of fused-ring (bicyclic) bond motifs is 3. The zero-order chi connectivity index (χ0) is 20.9. The van der Waals surface area contributed by atoms with Gasteiger partial charge in [0.2, 0.25) is 0 Å². The van der Waals surface area contributed by atoms with Crippen molar-refractivity contribution in [3.63, 3.8) is 0 Å². The number of carbonyl (C=O) groups is 1. The lowest BCUT2D eigenvalue weighted by molar-refractivity contribution is -0.140. The Morgan fingerprint density at radius 3 is 2.87 bits per heavy atom. The fourth-order valence-corrected chi connectivity index (χ4v) is 5.88. The summed E-state index contributed by atoms with van der Waals surface area (Å²) in [5, 5.41) is 1.36. The van der Waals surface area contributed by atoms with Crippen molar-refractivity contribution in [1.29, 1.82) is 0 Å². The summed E-state index contributed by atoms with van der Waals surface area (Å²) in [5.74, 6) is -0.102. The number of ether oxygens (including phenoxy) is 1. The van der Waals surface area contributed by atoms with Crippen molar-refractivity contribution in [2.75, 3.05) is 12.4 Å². The topological polar surface area (TPSA) is 61.2 Å². The highest BCUT2D eigenvalue weighted by molar-refractivity contribution is 7.99. The predicted octanol–water partition coefficient (Wildman–Crippen LogP) is 4.82. The number of aryl methyl sites for hydroxylation is 2. The van der Waals surface area contributed by atoms with Crippen molar-refractivity contribution in [3.8, 4) is 0 Å². The summed E-state index contributed by atoms with van der Waals surface area (Å²) in [5.41, 5.74) is 2.22. The van der Waals surface area contributed by atoms with Gasteiger partial charge in [-0.1, -0.05) is 61.9 Å². The molecule has 1 aliphatic rings. The number of benzene rings is 1. The molecule has 0 aliphatic heterocycles. The Labute approximate surface area is 184 Å². The third kappa shape index (κ3) is 4.62. The number of unbranched alkanes of at least 4 members (excludes halogenated alkanes) is 2. The molecule has 158 valence electrons. The maximum atomic E-state index is 13.5. The molecule has 0 bridgehead atoms. The lowest BCUT2D eigenvalue weighted by Gasteiger charge is -2.12. The number of hydrogen-bond donors (Lipinski definition) is 0. The minimum absolute atomic E-state index is 0.00191. The van der Waals surface area contributed by atoms with Crippen LogP contribution in [0.1, 0.15) is 48.6 Å². The molecule has 0 radical (unpaired) electrons. The first-order valence-electron chi connectivity index (χ1n) is 10.5. The number of thiophene rings is 1. The molecule has 1 aliphatic carbocycles. The summed E-state index contributed by atoms with van der Waals surface area (Å²) >= 11 is 2.92. The van der Waals surface area contributed by atoms with Crippen molar-refractivity contribution in [2.45, 2.75) is 57.1 Å². The Hall–Kier alpha value is -2.12. The van der Waals surface area contributed by atoms with Crippen molar-refractivity contribution >= 4 is 39.3 Å². The molecule has 0 saturated heterocycles. The lowest BCUT2D eigenvalue weighted by Crippen LogP contribution is -2.24. The van der Waals surface area contributed by atoms with Gasteiger partial charge in [-0.3, -0.25) is 14.2 Å². The summed E-state index contributed by atoms with van der Waals surface area (Å²) in [6, 6.07) is 9.91. The summed E-state index contributed by atoms with van der Waals surface area (Å²) in [6.07, 6.45) is 6.12. The SMILES string of the molecule is CCCCCOC(=O)CSc1nc2sc3c(c2c(=O)n1Cc1ccccc1)CCC3. The first-order chi connectivity index (χ1) is 14.7. The summed E-state index contributed by atoms with van der Waals surface area (Å²) in [7, 11) is 0. The fourth-order valence-electron chi connectivity index (χ4n) is 3.78. The Balaban J connectivity index is 1.61. The van der Waals surface area contributed by atoms with E-state index in [9.17, 15) is 9.59 Å². The molecule has 0 fully saturated rings. The van der Waals surface area contributed by atoms with Crippen LogP contribution in [0.2, 0.25) is 0 Å². The molecule has 7 heteroatoms. The molecular weight excluding hydrogens is 416 g/mol. The molecule has 3 aromatic rings. The third-order valence-corrected chi connectivity index (χ3v) is 7.44. The number of aromatic nitrogens is 2. The van der Waals surface area contributed by atoms with E-state index in [2.05, 4.69) is 6.92 Å². The molecule has 1 aromatic carbocycles. The average molecular weight is 443 g/mol. The standard InChI is InChI=1S/C23H26N2O3S2/c1-2-3-7-13-28-19(26)15-29-23-24-21-20(17-11-8-12-18(17)30-21)22(27)25(23)14-16-9-5-4-6-10-16/h4-6,9-10H,2-3,7-8,11-15H2,1H3. The molecule has 2 aromatic heterocycles. The molecule has 0 amide bonds. The van der Waals surface area contributed by atoms with Gasteiger partial charge in [-0.15, -0.1) is 11.3 Å². The first kappa shape index (κ1) is 21.1. The van der Waals surface area contributed by atoms with Crippen molar-refractivity contribution in [1.82, 2.24) is 9.55 Å². The molecule has 30 heavy (non-hydrogen) atoms. The van der Waals surface area contributed by atoms with Gasteiger partial charge in [-0.05, 0) is 36.8 Å². The zero-order valence-corrected chi connectivity index (χ0v) is 18.8. The predicted molar refractivity (Wildman–Crippen MR) is 123 cm³/mol. The number of rotatable bonds is 9. The molecular formula is C23H26N2O3S2. The van der Waals surface area contributed by atoms with E-state index in [1.165, 1.54) is 22.2 Å². The second-order valence-electron chi connectivity index (χ2n) is 7.53.